The van der Waals surface area contributed by atoms with Crippen LogP contribution in [0.25, 0.3) is 0 Å². The third kappa shape index (κ3) is 2.59. The van der Waals surface area contributed by atoms with Crippen LogP contribution < -0.4 is 5.46 Å². The summed E-state index contributed by atoms with van der Waals surface area (Å²) in [6.45, 7) is 0. The SMILES string of the molecule is COC(=O)c1cc(B(O)O)cc(C(=O)O)c1. The first-order chi connectivity index (χ1) is 7.45. The Bertz CT molecular complexity index is 428. The molecule has 0 bridgehead atoms. The minimum Gasteiger partial charge on any atom is -0.478 e. The summed E-state index contributed by atoms with van der Waals surface area (Å²) in [5, 5.41) is 26.6. The zero-order valence-electron chi connectivity index (χ0n) is 8.38. The molecule has 0 saturated heterocycles. The molecular weight excluding hydrogens is 215 g/mol. The van der Waals surface area contributed by atoms with Gasteiger partial charge in [0.2, 0.25) is 0 Å². The third-order valence-corrected chi connectivity index (χ3v) is 1.92. The van der Waals surface area contributed by atoms with Crippen LogP contribution in [0.3, 0.4) is 0 Å². The fourth-order valence-corrected chi connectivity index (χ4v) is 1.16. The number of esters is 1. The number of hydrogen-bond donors (Lipinski definition) is 3. The molecule has 16 heavy (non-hydrogen) atoms. The van der Waals surface area contributed by atoms with Crippen LogP contribution in [0.5, 0.6) is 0 Å². The van der Waals surface area contributed by atoms with Gasteiger partial charge in [-0.1, -0.05) is 0 Å². The summed E-state index contributed by atoms with van der Waals surface area (Å²) in [6.07, 6.45) is 0. The molecule has 0 spiro atoms. The largest absolute Gasteiger partial charge is 0.488 e. The maximum Gasteiger partial charge on any atom is 0.488 e. The summed E-state index contributed by atoms with van der Waals surface area (Å²) in [4.78, 5) is 21.9. The Morgan fingerprint density at radius 2 is 1.75 bits per heavy atom. The van der Waals surface area contributed by atoms with Gasteiger partial charge >= 0.3 is 19.1 Å². The number of benzene rings is 1. The van der Waals surface area contributed by atoms with Crippen LogP contribution in [0, 0.1) is 0 Å². The van der Waals surface area contributed by atoms with Crippen LogP contribution in [0.4, 0.5) is 0 Å². The predicted molar refractivity (Wildman–Crippen MR) is 54.6 cm³/mol. The lowest BCUT2D eigenvalue weighted by Crippen LogP contribution is -2.31. The van der Waals surface area contributed by atoms with Crippen molar-refractivity contribution in [3.05, 3.63) is 29.3 Å². The molecule has 0 unspecified atom stereocenters. The van der Waals surface area contributed by atoms with Gasteiger partial charge in [-0.15, -0.1) is 0 Å². The van der Waals surface area contributed by atoms with Crippen molar-refractivity contribution < 1.29 is 29.5 Å². The van der Waals surface area contributed by atoms with Crippen molar-refractivity contribution in [3.8, 4) is 0 Å². The van der Waals surface area contributed by atoms with Crippen LogP contribution in [-0.2, 0) is 4.74 Å². The number of carbonyl (C=O) groups is 2. The van der Waals surface area contributed by atoms with Gasteiger partial charge in [0.15, 0.2) is 0 Å². The second-order valence-electron chi connectivity index (χ2n) is 3.01. The summed E-state index contributed by atoms with van der Waals surface area (Å²) in [5.74, 6) is -2.02. The molecule has 7 heteroatoms. The molecule has 0 atom stereocenters. The van der Waals surface area contributed by atoms with Crippen molar-refractivity contribution in [1.29, 1.82) is 0 Å². The number of methoxy groups -OCH3 is 1. The topological polar surface area (TPSA) is 104 Å². The molecule has 1 aromatic rings. The highest BCUT2D eigenvalue weighted by Gasteiger charge is 2.18. The van der Waals surface area contributed by atoms with Crippen molar-refractivity contribution in [2.45, 2.75) is 0 Å². The van der Waals surface area contributed by atoms with Crippen LogP contribution in [-0.4, -0.2) is 41.3 Å². The van der Waals surface area contributed by atoms with E-state index in [1.807, 2.05) is 0 Å². The van der Waals surface area contributed by atoms with E-state index in [9.17, 15) is 9.59 Å². The van der Waals surface area contributed by atoms with Gasteiger partial charge in [0.25, 0.3) is 0 Å². The maximum absolute atomic E-state index is 11.2. The fraction of sp³-hybridized carbons (Fsp3) is 0.111. The molecule has 1 rings (SSSR count). The fourth-order valence-electron chi connectivity index (χ4n) is 1.16. The minimum atomic E-state index is -1.84. The summed E-state index contributed by atoms with van der Waals surface area (Å²) in [5.41, 5.74) is -0.350. The van der Waals surface area contributed by atoms with Crippen LogP contribution in [0.15, 0.2) is 18.2 Å². The Morgan fingerprint density at radius 3 is 2.19 bits per heavy atom. The van der Waals surface area contributed by atoms with E-state index in [1.54, 1.807) is 0 Å². The number of carbonyl (C=O) groups excluding carboxylic acids is 1. The number of carboxylic acids is 1. The lowest BCUT2D eigenvalue weighted by Gasteiger charge is -2.05. The van der Waals surface area contributed by atoms with E-state index < -0.39 is 19.1 Å². The zero-order valence-corrected chi connectivity index (χ0v) is 8.38. The van der Waals surface area contributed by atoms with Gasteiger partial charge in [-0.2, -0.15) is 0 Å². The van der Waals surface area contributed by atoms with Gasteiger partial charge in [0.05, 0.1) is 18.2 Å². The normalized spacial score (nSPS) is 9.69. The zero-order chi connectivity index (χ0) is 12.3. The highest BCUT2D eigenvalue weighted by molar-refractivity contribution is 6.58. The number of ether oxygens (including phenoxy) is 1. The molecule has 0 aromatic heterocycles. The molecule has 0 fully saturated rings. The van der Waals surface area contributed by atoms with E-state index in [4.69, 9.17) is 15.2 Å². The van der Waals surface area contributed by atoms with E-state index in [0.717, 1.165) is 25.3 Å². The van der Waals surface area contributed by atoms with Gasteiger partial charge in [-0.25, -0.2) is 9.59 Å². The van der Waals surface area contributed by atoms with Gasteiger partial charge in [-0.3, -0.25) is 0 Å². The lowest BCUT2D eigenvalue weighted by atomic mass is 9.78. The van der Waals surface area contributed by atoms with E-state index >= 15 is 0 Å². The second-order valence-corrected chi connectivity index (χ2v) is 3.01. The molecule has 0 amide bonds. The smallest absolute Gasteiger partial charge is 0.478 e. The quantitative estimate of drug-likeness (QED) is 0.442. The van der Waals surface area contributed by atoms with Crippen molar-refractivity contribution in [3.63, 3.8) is 0 Å². The van der Waals surface area contributed by atoms with Crippen molar-refractivity contribution in [2.24, 2.45) is 0 Å². The van der Waals surface area contributed by atoms with Gasteiger partial charge in [0.1, 0.15) is 0 Å². The van der Waals surface area contributed by atoms with Crippen molar-refractivity contribution >= 4 is 24.5 Å². The summed E-state index contributed by atoms with van der Waals surface area (Å²) in [6, 6.07) is 3.32. The molecule has 1 aromatic carbocycles. The second kappa shape index (κ2) is 4.78. The predicted octanol–water partition coefficient (Wildman–Crippen LogP) is -1.15. The van der Waals surface area contributed by atoms with E-state index in [2.05, 4.69) is 4.74 Å². The van der Waals surface area contributed by atoms with Crippen LogP contribution in [0.1, 0.15) is 20.7 Å². The Labute approximate surface area is 91.2 Å². The number of rotatable bonds is 3. The monoisotopic (exact) mass is 224 g/mol. The number of aromatic carboxylic acids is 1. The van der Waals surface area contributed by atoms with Gasteiger partial charge < -0.3 is 19.9 Å². The maximum atomic E-state index is 11.2. The highest BCUT2D eigenvalue weighted by atomic mass is 16.5. The molecule has 0 saturated carbocycles. The van der Waals surface area contributed by atoms with Gasteiger partial charge in [-0.05, 0) is 23.7 Å². The molecule has 84 valence electrons. The van der Waals surface area contributed by atoms with E-state index in [0.29, 0.717) is 0 Å². The minimum absolute atomic E-state index is 0.0505. The Hall–Kier alpha value is -1.86. The Morgan fingerprint density at radius 1 is 1.19 bits per heavy atom. The summed E-state index contributed by atoms with van der Waals surface area (Å²) < 4.78 is 4.41. The molecule has 0 aliphatic heterocycles. The van der Waals surface area contributed by atoms with E-state index in [1.165, 1.54) is 0 Å². The molecule has 0 aliphatic rings. The summed E-state index contributed by atoms with van der Waals surface area (Å²) >= 11 is 0. The van der Waals surface area contributed by atoms with Crippen LogP contribution >= 0.6 is 0 Å². The van der Waals surface area contributed by atoms with Crippen molar-refractivity contribution in [2.75, 3.05) is 7.11 Å². The molecule has 0 aliphatic carbocycles. The van der Waals surface area contributed by atoms with Crippen molar-refractivity contribution in [1.82, 2.24) is 0 Å². The first-order valence-corrected chi connectivity index (χ1v) is 4.28. The average molecular weight is 224 g/mol. The Balaban J connectivity index is 3.29. The third-order valence-electron chi connectivity index (χ3n) is 1.92. The molecule has 6 nitrogen and oxygen atoms in total. The molecule has 0 heterocycles. The standard InChI is InChI=1S/C9H9BO6/c1-16-9(13)6-2-5(8(11)12)3-7(4-6)10(14)15/h2-4,14-15H,1H3,(H,11,12). The average Bonchev–Trinajstić information content (AvgIpc) is 2.27. The first kappa shape index (κ1) is 12.2. The molecule has 0 radical (unpaired) electrons. The molecular formula is C9H9BO6. The van der Waals surface area contributed by atoms with Crippen LogP contribution in [0.2, 0.25) is 0 Å². The lowest BCUT2D eigenvalue weighted by molar-refractivity contribution is 0.0601. The highest BCUT2D eigenvalue weighted by Crippen LogP contribution is 2.05. The summed E-state index contributed by atoms with van der Waals surface area (Å²) in [7, 11) is -0.701. The Kier molecular flexibility index (Phi) is 3.65. The van der Waals surface area contributed by atoms with Gasteiger partial charge in [0, 0.05) is 0 Å². The first-order valence-electron chi connectivity index (χ1n) is 4.28. The number of hydrogen-bond acceptors (Lipinski definition) is 5. The molecule has 3 N–H and O–H groups in total. The number of carboxylic acid groups (broad SMARTS) is 1. The van der Waals surface area contributed by atoms with E-state index in [-0.39, 0.29) is 16.6 Å².